The smallest absolute Gasteiger partial charge is 0.465 e. The van der Waals surface area contributed by atoms with Crippen LogP contribution in [0.5, 0.6) is 0 Å². The van der Waals surface area contributed by atoms with Gasteiger partial charge in [0.05, 0.1) is 7.11 Å². The number of hydrogen-bond acceptors (Lipinski definition) is 5. The molecule has 1 rings (SSSR count). The predicted octanol–water partition coefficient (Wildman–Crippen LogP) is 0.285. The summed E-state index contributed by atoms with van der Waals surface area (Å²) in [6.07, 6.45) is 0. The molecule has 0 atom stereocenters. The molecule has 0 amide bonds. The Bertz CT molecular complexity index is 363. The van der Waals surface area contributed by atoms with Gasteiger partial charge in [-0.1, -0.05) is 0 Å². The molecule has 0 unspecified atom stereocenters. The van der Waals surface area contributed by atoms with E-state index in [1.165, 1.54) is 7.11 Å². The summed E-state index contributed by atoms with van der Waals surface area (Å²) in [7, 11) is -0.284. The average molecular weight is 279 g/mol. The summed E-state index contributed by atoms with van der Waals surface area (Å²) in [4.78, 5) is 11.6. The molecule has 14 heavy (non-hydrogen) atoms. The van der Waals surface area contributed by atoms with Gasteiger partial charge in [-0.15, -0.1) is 11.3 Å². The van der Waals surface area contributed by atoms with Gasteiger partial charge < -0.3 is 14.8 Å². The van der Waals surface area contributed by atoms with Crippen LogP contribution in [0.4, 0.5) is 0 Å². The zero-order valence-electron chi connectivity index (χ0n) is 7.57. The SMILES string of the molecule is COC(=O)c1sc(B(O)O)c(C)c1Br. The molecule has 2 N–H and O–H groups in total. The molecule has 0 saturated heterocycles. The predicted molar refractivity (Wildman–Crippen MR) is 57.9 cm³/mol. The van der Waals surface area contributed by atoms with Gasteiger partial charge in [-0.3, -0.25) is 0 Å². The summed E-state index contributed by atoms with van der Waals surface area (Å²) in [6, 6.07) is 0. The first-order chi connectivity index (χ1) is 6.49. The normalized spacial score (nSPS) is 10.1. The van der Waals surface area contributed by atoms with Gasteiger partial charge >= 0.3 is 13.1 Å². The Balaban J connectivity index is 3.21. The lowest BCUT2D eigenvalue weighted by molar-refractivity contribution is 0.0605. The molecule has 4 nitrogen and oxygen atoms in total. The molecule has 1 aromatic rings. The van der Waals surface area contributed by atoms with E-state index in [0.717, 1.165) is 11.3 Å². The van der Waals surface area contributed by atoms with Crippen LogP contribution in [0.25, 0.3) is 0 Å². The molecule has 1 aromatic heterocycles. The van der Waals surface area contributed by atoms with Crippen molar-refractivity contribution in [1.29, 1.82) is 0 Å². The molecule has 7 heteroatoms. The highest BCUT2D eigenvalue weighted by Gasteiger charge is 2.25. The average Bonchev–Trinajstić information content (AvgIpc) is 2.43. The number of carbonyl (C=O) groups excluding carboxylic acids is 1. The third kappa shape index (κ3) is 2.00. The monoisotopic (exact) mass is 278 g/mol. The number of carbonyl (C=O) groups is 1. The zero-order chi connectivity index (χ0) is 10.9. The Hall–Kier alpha value is -0.365. The van der Waals surface area contributed by atoms with Crippen LogP contribution >= 0.6 is 27.3 Å². The van der Waals surface area contributed by atoms with Gasteiger partial charge in [-0.2, -0.15) is 0 Å². The highest BCUT2D eigenvalue weighted by atomic mass is 79.9. The Morgan fingerprint density at radius 1 is 1.57 bits per heavy atom. The van der Waals surface area contributed by atoms with Crippen LogP contribution in [0.2, 0.25) is 0 Å². The fourth-order valence-electron chi connectivity index (χ4n) is 0.980. The quantitative estimate of drug-likeness (QED) is 0.603. The maximum absolute atomic E-state index is 11.2. The van der Waals surface area contributed by atoms with E-state index in [1.807, 2.05) is 0 Å². The number of thiophene rings is 1. The van der Waals surface area contributed by atoms with Crippen molar-refractivity contribution in [1.82, 2.24) is 0 Å². The molecule has 76 valence electrons. The number of esters is 1. The van der Waals surface area contributed by atoms with E-state index >= 15 is 0 Å². The van der Waals surface area contributed by atoms with E-state index in [9.17, 15) is 4.79 Å². The standard InChI is InChI=1S/C7H8BBrO4S/c1-3-4(9)5(7(10)13-2)14-6(3)8(11)12/h11-12H,1-2H3. The van der Waals surface area contributed by atoms with Crippen LogP contribution in [-0.2, 0) is 4.74 Å². The molecule has 0 aliphatic carbocycles. The second kappa shape index (κ2) is 4.44. The minimum Gasteiger partial charge on any atom is -0.465 e. The van der Waals surface area contributed by atoms with E-state index in [0.29, 0.717) is 19.7 Å². The van der Waals surface area contributed by atoms with Gasteiger partial charge in [0.2, 0.25) is 0 Å². The lowest BCUT2D eigenvalue weighted by Crippen LogP contribution is -2.28. The van der Waals surface area contributed by atoms with Crippen LogP contribution < -0.4 is 4.78 Å². The van der Waals surface area contributed by atoms with Gasteiger partial charge in [0.1, 0.15) is 4.88 Å². The van der Waals surface area contributed by atoms with Crippen molar-refractivity contribution in [3.63, 3.8) is 0 Å². The molecule has 0 aliphatic heterocycles. The van der Waals surface area contributed by atoms with Crippen molar-refractivity contribution in [3.05, 3.63) is 14.9 Å². The van der Waals surface area contributed by atoms with Crippen LogP contribution in [0, 0.1) is 6.92 Å². The molecule has 0 fully saturated rings. The van der Waals surface area contributed by atoms with Crippen LogP contribution in [0.3, 0.4) is 0 Å². The van der Waals surface area contributed by atoms with E-state index in [-0.39, 0.29) is 0 Å². The lowest BCUT2D eigenvalue weighted by Gasteiger charge is -1.95. The summed E-state index contributed by atoms with van der Waals surface area (Å²) >= 11 is 4.20. The largest absolute Gasteiger partial charge is 0.499 e. The Morgan fingerprint density at radius 3 is 2.50 bits per heavy atom. The maximum Gasteiger partial charge on any atom is 0.499 e. The van der Waals surface area contributed by atoms with Crippen molar-refractivity contribution in [2.75, 3.05) is 7.11 Å². The first-order valence-electron chi connectivity index (χ1n) is 3.72. The number of ether oxygens (including phenoxy) is 1. The van der Waals surface area contributed by atoms with Crippen molar-refractivity contribution < 1.29 is 19.6 Å². The van der Waals surface area contributed by atoms with E-state index in [2.05, 4.69) is 20.7 Å². The number of halogens is 1. The van der Waals surface area contributed by atoms with Crippen molar-refractivity contribution in [2.24, 2.45) is 0 Å². The molecule has 0 radical (unpaired) electrons. The van der Waals surface area contributed by atoms with Gasteiger partial charge in [-0.05, 0) is 28.4 Å². The summed E-state index contributed by atoms with van der Waals surface area (Å²) < 4.78 is 5.44. The highest BCUT2D eigenvalue weighted by Crippen LogP contribution is 2.26. The first-order valence-corrected chi connectivity index (χ1v) is 5.33. The molecule has 0 saturated carbocycles. The summed E-state index contributed by atoms with van der Waals surface area (Å²) in [5.74, 6) is -0.489. The molecular weight excluding hydrogens is 271 g/mol. The molecular formula is C7H8BBrO4S. The summed E-state index contributed by atoms with van der Waals surface area (Å²) in [5.41, 5.74) is 0.644. The number of hydrogen-bond donors (Lipinski definition) is 2. The Kier molecular flexibility index (Phi) is 3.71. The number of methoxy groups -OCH3 is 1. The third-order valence-electron chi connectivity index (χ3n) is 1.72. The topological polar surface area (TPSA) is 66.8 Å². The van der Waals surface area contributed by atoms with Gasteiger partial charge in [0.25, 0.3) is 0 Å². The zero-order valence-corrected chi connectivity index (χ0v) is 9.98. The second-order valence-electron chi connectivity index (χ2n) is 2.60. The maximum atomic E-state index is 11.2. The highest BCUT2D eigenvalue weighted by molar-refractivity contribution is 9.10. The summed E-state index contributed by atoms with van der Waals surface area (Å²) in [6.45, 7) is 1.70. The Morgan fingerprint density at radius 2 is 2.14 bits per heavy atom. The second-order valence-corrected chi connectivity index (χ2v) is 4.44. The fourth-order valence-corrected chi connectivity index (χ4v) is 2.72. The summed E-state index contributed by atoms with van der Waals surface area (Å²) in [5, 5.41) is 18.0. The third-order valence-corrected chi connectivity index (χ3v) is 4.28. The minimum absolute atomic E-state index is 0.341. The fraction of sp³-hybridized carbons (Fsp3) is 0.286. The van der Waals surface area contributed by atoms with Crippen molar-refractivity contribution in [2.45, 2.75) is 6.92 Å². The van der Waals surface area contributed by atoms with Gasteiger partial charge in [-0.25, -0.2) is 4.79 Å². The van der Waals surface area contributed by atoms with Gasteiger partial charge in [0.15, 0.2) is 0 Å². The minimum atomic E-state index is -1.56. The number of rotatable bonds is 2. The van der Waals surface area contributed by atoms with Crippen LogP contribution in [0.1, 0.15) is 15.2 Å². The van der Waals surface area contributed by atoms with E-state index in [1.54, 1.807) is 6.92 Å². The van der Waals surface area contributed by atoms with Crippen LogP contribution in [0.15, 0.2) is 4.47 Å². The first kappa shape index (κ1) is 11.7. The van der Waals surface area contributed by atoms with E-state index in [4.69, 9.17) is 10.0 Å². The van der Waals surface area contributed by atoms with E-state index < -0.39 is 13.1 Å². The molecule has 0 aliphatic rings. The van der Waals surface area contributed by atoms with Crippen molar-refractivity contribution in [3.8, 4) is 0 Å². The molecule has 1 heterocycles. The Labute approximate surface area is 93.8 Å². The molecule has 0 aromatic carbocycles. The van der Waals surface area contributed by atoms with Gasteiger partial charge in [0, 0.05) is 9.25 Å². The van der Waals surface area contributed by atoms with Crippen molar-refractivity contribution >= 4 is 45.1 Å². The molecule has 0 spiro atoms. The lowest BCUT2D eigenvalue weighted by atomic mass is 9.87. The van der Waals surface area contributed by atoms with Crippen LogP contribution in [-0.4, -0.2) is 30.2 Å². The molecule has 0 bridgehead atoms.